The molecule has 1 nitrogen and oxygen atoms in total. The number of alkyl halides is 1. The maximum absolute atomic E-state index is 10.6. The lowest BCUT2D eigenvalue weighted by Crippen LogP contribution is -2.06. The molecule has 0 aromatic rings. The first-order chi connectivity index (χ1) is 4.70. The quantitative estimate of drug-likeness (QED) is 0.446. The lowest BCUT2D eigenvalue weighted by molar-refractivity contribution is -0.108. The minimum atomic E-state index is -0.356. The first-order valence-electron chi connectivity index (χ1n) is 3.25. The molecule has 1 atom stereocenters. The molecular formula is C7H8Cl2O. The van der Waals surface area contributed by atoms with Crippen LogP contribution in [0.2, 0.25) is 0 Å². The molecule has 0 N–H and O–H groups in total. The molecule has 0 saturated heterocycles. The fraction of sp³-hybridized carbons (Fsp3) is 0.571. The summed E-state index contributed by atoms with van der Waals surface area (Å²) in [6.07, 6.45) is 4.46. The Labute approximate surface area is 70.0 Å². The monoisotopic (exact) mass is 178 g/mol. The topological polar surface area (TPSA) is 17.1 Å². The van der Waals surface area contributed by atoms with E-state index in [0.717, 1.165) is 19.3 Å². The van der Waals surface area contributed by atoms with Crippen LogP contribution in [-0.2, 0) is 4.79 Å². The molecule has 0 spiro atoms. The van der Waals surface area contributed by atoms with Crippen molar-refractivity contribution < 1.29 is 4.79 Å². The second-order valence-electron chi connectivity index (χ2n) is 2.37. The van der Waals surface area contributed by atoms with Crippen molar-refractivity contribution in [1.29, 1.82) is 0 Å². The van der Waals surface area contributed by atoms with Gasteiger partial charge in [0.05, 0.1) is 5.38 Å². The summed E-state index contributed by atoms with van der Waals surface area (Å²) in [4.78, 5) is 10.6. The van der Waals surface area contributed by atoms with Crippen LogP contribution >= 0.6 is 23.2 Å². The minimum absolute atomic E-state index is 0.00597. The van der Waals surface area contributed by atoms with E-state index in [1.165, 1.54) is 0 Å². The third-order valence-corrected chi connectivity index (χ3v) is 2.15. The molecule has 0 radical (unpaired) electrons. The summed E-state index contributed by atoms with van der Waals surface area (Å²) >= 11 is 11.0. The Morgan fingerprint density at radius 1 is 1.70 bits per heavy atom. The van der Waals surface area contributed by atoms with Gasteiger partial charge < -0.3 is 0 Å². The van der Waals surface area contributed by atoms with E-state index in [-0.39, 0.29) is 10.6 Å². The fourth-order valence-corrected chi connectivity index (χ4v) is 1.50. The van der Waals surface area contributed by atoms with Gasteiger partial charge in [-0.2, -0.15) is 0 Å². The van der Waals surface area contributed by atoms with Crippen LogP contribution in [0.15, 0.2) is 11.6 Å². The highest BCUT2D eigenvalue weighted by atomic mass is 35.5. The first kappa shape index (κ1) is 8.09. The van der Waals surface area contributed by atoms with E-state index in [2.05, 4.69) is 0 Å². The van der Waals surface area contributed by atoms with Gasteiger partial charge in [-0.1, -0.05) is 6.08 Å². The third kappa shape index (κ3) is 1.99. The van der Waals surface area contributed by atoms with Crippen LogP contribution in [0, 0.1) is 0 Å². The molecule has 1 unspecified atom stereocenters. The second-order valence-corrected chi connectivity index (χ2v) is 3.28. The molecule has 1 rings (SSSR count). The molecule has 0 saturated carbocycles. The van der Waals surface area contributed by atoms with Crippen molar-refractivity contribution in [2.24, 2.45) is 0 Å². The highest BCUT2D eigenvalue weighted by molar-refractivity contribution is 6.67. The Hall–Kier alpha value is -0.0100. The van der Waals surface area contributed by atoms with Crippen molar-refractivity contribution in [2.45, 2.75) is 24.6 Å². The van der Waals surface area contributed by atoms with Crippen molar-refractivity contribution in [1.82, 2.24) is 0 Å². The SMILES string of the molecule is O=C(Cl)C1=CC(Cl)CCC1. The average molecular weight is 179 g/mol. The molecule has 0 aromatic carbocycles. The summed E-state index contributed by atoms with van der Waals surface area (Å²) in [6, 6.07) is 0. The van der Waals surface area contributed by atoms with E-state index in [9.17, 15) is 4.79 Å². The highest BCUT2D eigenvalue weighted by Crippen LogP contribution is 2.22. The summed E-state index contributed by atoms with van der Waals surface area (Å²) in [7, 11) is 0. The van der Waals surface area contributed by atoms with Crippen molar-refractivity contribution in [3.05, 3.63) is 11.6 Å². The Morgan fingerprint density at radius 2 is 2.40 bits per heavy atom. The van der Waals surface area contributed by atoms with Gasteiger partial charge in [-0.15, -0.1) is 11.6 Å². The van der Waals surface area contributed by atoms with Gasteiger partial charge >= 0.3 is 0 Å². The molecule has 1 aliphatic rings. The molecule has 0 aliphatic heterocycles. The largest absolute Gasteiger partial charge is 0.276 e. The van der Waals surface area contributed by atoms with Gasteiger partial charge in [-0.25, -0.2) is 0 Å². The molecule has 56 valence electrons. The molecule has 0 aromatic heterocycles. The van der Waals surface area contributed by atoms with Crippen LogP contribution < -0.4 is 0 Å². The van der Waals surface area contributed by atoms with E-state index in [0.29, 0.717) is 5.57 Å². The van der Waals surface area contributed by atoms with Crippen molar-refractivity contribution in [3.63, 3.8) is 0 Å². The van der Waals surface area contributed by atoms with Crippen molar-refractivity contribution in [2.75, 3.05) is 0 Å². The molecule has 1 aliphatic carbocycles. The molecule has 10 heavy (non-hydrogen) atoms. The second kappa shape index (κ2) is 3.40. The maximum Gasteiger partial charge on any atom is 0.248 e. The van der Waals surface area contributed by atoms with Gasteiger partial charge in [0.2, 0.25) is 5.24 Å². The summed E-state index contributed by atoms with van der Waals surface area (Å²) in [6.45, 7) is 0. The Morgan fingerprint density at radius 3 is 2.80 bits per heavy atom. The van der Waals surface area contributed by atoms with E-state index in [4.69, 9.17) is 23.2 Å². The number of hydrogen-bond acceptors (Lipinski definition) is 1. The lowest BCUT2D eigenvalue weighted by atomic mass is 10.0. The molecule has 0 fully saturated rings. The van der Waals surface area contributed by atoms with E-state index in [1.807, 2.05) is 0 Å². The minimum Gasteiger partial charge on any atom is -0.276 e. The van der Waals surface area contributed by atoms with Gasteiger partial charge in [0.1, 0.15) is 0 Å². The van der Waals surface area contributed by atoms with Crippen LogP contribution in [0.3, 0.4) is 0 Å². The number of rotatable bonds is 1. The molecule has 0 bridgehead atoms. The normalized spacial score (nSPS) is 25.8. The van der Waals surface area contributed by atoms with E-state index < -0.39 is 0 Å². The molecule has 0 amide bonds. The number of carbonyl (C=O) groups is 1. The summed E-state index contributed by atoms with van der Waals surface area (Å²) in [5.41, 5.74) is 0.674. The van der Waals surface area contributed by atoms with Crippen molar-refractivity contribution in [3.8, 4) is 0 Å². The van der Waals surface area contributed by atoms with E-state index in [1.54, 1.807) is 6.08 Å². The number of hydrogen-bond donors (Lipinski definition) is 0. The number of allylic oxidation sites excluding steroid dienone is 2. The average Bonchev–Trinajstić information content (AvgIpc) is 1.88. The van der Waals surface area contributed by atoms with Gasteiger partial charge in [0.25, 0.3) is 0 Å². The zero-order chi connectivity index (χ0) is 7.56. The van der Waals surface area contributed by atoms with Crippen LogP contribution in [0.25, 0.3) is 0 Å². The first-order valence-corrected chi connectivity index (χ1v) is 4.06. The van der Waals surface area contributed by atoms with Crippen LogP contribution in [0.5, 0.6) is 0 Å². The van der Waals surface area contributed by atoms with Gasteiger partial charge in [-0.05, 0) is 30.9 Å². The zero-order valence-corrected chi connectivity index (χ0v) is 6.95. The smallest absolute Gasteiger partial charge is 0.248 e. The Kier molecular flexibility index (Phi) is 2.75. The summed E-state index contributed by atoms with van der Waals surface area (Å²) < 4.78 is 0. The van der Waals surface area contributed by atoms with Crippen LogP contribution in [-0.4, -0.2) is 10.6 Å². The van der Waals surface area contributed by atoms with Crippen molar-refractivity contribution >= 4 is 28.4 Å². The zero-order valence-electron chi connectivity index (χ0n) is 5.44. The summed E-state index contributed by atoms with van der Waals surface area (Å²) in [5.74, 6) is 0. The lowest BCUT2D eigenvalue weighted by Gasteiger charge is -2.12. The maximum atomic E-state index is 10.6. The van der Waals surface area contributed by atoms with Crippen LogP contribution in [0.4, 0.5) is 0 Å². The van der Waals surface area contributed by atoms with Crippen LogP contribution in [0.1, 0.15) is 19.3 Å². The Balaban J connectivity index is 2.66. The van der Waals surface area contributed by atoms with E-state index >= 15 is 0 Å². The number of halogens is 2. The molecule has 3 heteroatoms. The van der Waals surface area contributed by atoms with Gasteiger partial charge in [0.15, 0.2) is 0 Å². The predicted molar refractivity (Wildman–Crippen MR) is 42.4 cm³/mol. The predicted octanol–water partition coefficient (Wildman–Crippen LogP) is 2.47. The Bertz CT molecular complexity index is 174. The highest BCUT2D eigenvalue weighted by Gasteiger charge is 2.14. The summed E-state index contributed by atoms with van der Waals surface area (Å²) in [5, 5.41) is -0.350. The van der Waals surface area contributed by atoms with Gasteiger partial charge in [0, 0.05) is 5.57 Å². The third-order valence-electron chi connectivity index (χ3n) is 1.56. The fourth-order valence-electron chi connectivity index (χ4n) is 1.04. The van der Waals surface area contributed by atoms with Gasteiger partial charge in [-0.3, -0.25) is 4.79 Å². The number of carbonyl (C=O) groups excluding carboxylic acids is 1. The molecule has 0 heterocycles. The standard InChI is InChI=1S/C7H8Cl2O/c8-6-3-1-2-5(4-6)7(9)10/h4,6H,1-3H2. The molecular weight excluding hydrogens is 171 g/mol.